The molecule has 1 aliphatic rings. The summed E-state index contributed by atoms with van der Waals surface area (Å²) in [6, 6.07) is 13.1. The maximum Gasteiger partial charge on any atom is 0.335 e. The third-order valence-electron chi connectivity index (χ3n) is 5.55. The Hall–Kier alpha value is -3.88. The molecule has 4 rings (SSSR count). The Kier molecular flexibility index (Phi) is 7.80. The van der Waals surface area contributed by atoms with E-state index in [1.807, 2.05) is 0 Å². The van der Waals surface area contributed by atoms with Crippen LogP contribution < -0.4 is 19.7 Å². The highest BCUT2D eigenvalue weighted by Crippen LogP contribution is 2.38. The minimum Gasteiger partial charge on any atom is -0.490 e. The standard InChI is InChI=1S/C27H21Cl2FN2O5/c1-3-36-23-13-16(12-20(29)24(23)37-14-17-7-4-5-9-21(17)30)11-18-25(33)31-27(35)32(26(18)34)22-10-6-8-19(28)15(22)2/h4-13H,3,14H2,1-2H3,(H,31,33,35)/b18-11+. The summed E-state index contributed by atoms with van der Waals surface area (Å²) in [6.07, 6.45) is 1.30. The number of urea groups is 1. The number of carbonyl (C=O) groups is 3. The summed E-state index contributed by atoms with van der Waals surface area (Å²) in [4.78, 5) is 39.3. The van der Waals surface area contributed by atoms with Crippen molar-refractivity contribution in [1.29, 1.82) is 0 Å². The number of rotatable bonds is 7. The van der Waals surface area contributed by atoms with Crippen LogP contribution >= 0.6 is 23.2 Å². The maximum atomic E-state index is 14.0. The molecule has 0 bridgehead atoms. The first kappa shape index (κ1) is 26.2. The molecule has 190 valence electrons. The number of benzene rings is 3. The summed E-state index contributed by atoms with van der Waals surface area (Å²) in [7, 11) is 0. The van der Waals surface area contributed by atoms with Crippen LogP contribution in [0.15, 0.2) is 60.2 Å². The van der Waals surface area contributed by atoms with Crippen molar-refractivity contribution < 1.29 is 28.2 Å². The van der Waals surface area contributed by atoms with E-state index < -0.39 is 23.7 Å². The second-order valence-electron chi connectivity index (χ2n) is 7.98. The van der Waals surface area contributed by atoms with E-state index in [4.69, 9.17) is 32.7 Å². The number of carbonyl (C=O) groups excluding carboxylic acids is 3. The van der Waals surface area contributed by atoms with Gasteiger partial charge in [0.05, 0.1) is 17.3 Å². The molecule has 37 heavy (non-hydrogen) atoms. The Balaban J connectivity index is 1.69. The average molecular weight is 543 g/mol. The van der Waals surface area contributed by atoms with Crippen molar-refractivity contribution in [3.8, 4) is 11.5 Å². The highest BCUT2D eigenvalue weighted by molar-refractivity contribution is 6.40. The minimum absolute atomic E-state index is 0.0934. The predicted octanol–water partition coefficient (Wildman–Crippen LogP) is 6.09. The van der Waals surface area contributed by atoms with E-state index in [1.165, 1.54) is 24.3 Å². The molecular formula is C27H21Cl2FN2O5. The quantitative estimate of drug-likeness (QED) is 0.288. The molecule has 1 N–H and O–H groups in total. The van der Waals surface area contributed by atoms with E-state index in [9.17, 15) is 18.8 Å². The molecule has 0 spiro atoms. The van der Waals surface area contributed by atoms with Crippen LogP contribution in [-0.2, 0) is 16.2 Å². The zero-order valence-electron chi connectivity index (χ0n) is 19.8. The van der Waals surface area contributed by atoms with E-state index in [1.54, 1.807) is 50.2 Å². The molecule has 0 aromatic heterocycles. The van der Waals surface area contributed by atoms with Crippen molar-refractivity contribution in [1.82, 2.24) is 5.32 Å². The number of halogens is 3. The van der Waals surface area contributed by atoms with Crippen LogP contribution in [0.25, 0.3) is 6.08 Å². The molecule has 4 amide bonds. The fourth-order valence-electron chi connectivity index (χ4n) is 3.72. The van der Waals surface area contributed by atoms with Gasteiger partial charge in [0.25, 0.3) is 11.8 Å². The first-order chi connectivity index (χ1) is 17.7. The van der Waals surface area contributed by atoms with Crippen molar-refractivity contribution in [2.45, 2.75) is 20.5 Å². The van der Waals surface area contributed by atoms with Crippen LogP contribution in [0.1, 0.15) is 23.6 Å². The zero-order valence-corrected chi connectivity index (χ0v) is 21.3. The number of hydrogen-bond acceptors (Lipinski definition) is 5. The van der Waals surface area contributed by atoms with Crippen molar-refractivity contribution in [3.05, 3.63) is 92.7 Å². The molecule has 3 aromatic rings. The van der Waals surface area contributed by atoms with Gasteiger partial charge in [-0.3, -0.25) is 14.9 Å². The summed E-state index contributed by atoms with van der Waals surface area (Å²) in [5.41, 5.74) is 1.13. The molecule has 1 heterocycles. The van der Waals surface area contributed by atoms with Crippen molar-refractivity contribution in [2.75, 3.05) is 11.5 Å². The van der Waals surface area contributed by atoms with Gasteiger partial charge in [-0.2, -0.15) is 0 Å². The van der Waals surface area contributed by atoms with Crippen LogP contribution in [0, 0.1) is 12.7 Å². The smallest absolute Gasteiger partial charge is 0.335 e. The molecule has 7 nitrogen and oxygen atoms in total. The van der Waals surface area contributed by atoms with Crippen molar-refractivity contribution in [3.63, 3.8) is 0 Å². The van der Waals surface area contributed by atoms with Crippen LogP contribution in [-0.4, -0.2) is 24.5 Å². The number of hydrogen-bond donors (Lipinski definition) is 1. The number of anilines is 1. The number of imide groups is 2. The molecule has 0 aliphatic carbocycles. The van der Waals surface area contributed by atoms with Crippen LogP contribution in [0.3, 0.4) is 0 Å². The summed E-state index contributed by atoms with van der Waals surface area (Å²) in [6.45, 7) is 3.59. The fourth-order valence-corrected chi connectivity index (χ4v) is 4.16. The largest absolute Gasteiger partial charge is 0.490 e. The highest BCUT2D eigenvalue weighted by Gasteiger charge is 2.37. The Morgan fingerprint density at radius 3 is 2.49 bits per heavy atom. The molecular weight excluding hydrogens is 522 g/mol. The van der Waals surface area contributed by atoms with Gasteiger partial charge < -0.3 is 9.47 Å². The van der Waals surface area contributed by atoms with E-state index in [0.717, 1.165) is 4.90 Å². The second-order valence-corrected chi connectivity index (χ2v) is 8.80. The summed E-state index contributed by atoms with van der Waals surface area (Å²) in [5, 5.41) is 2.66. The number of amides is 4. The second kappa shape index (κ2) is 11.0. The van der Waals surface area contributed by atoms with Gasteiger partial charge in [0.1, 0.15) is 18.0 Å². The maximum absolute atomic E-state index is 14.0. The lowest BCUT2D eigenvalue weighted by atomic mass is 10.1. The number of barbiturate groups is 1. The van der Waals surface area contributed by atoms with Gasteiger partial charge in [0.15, 0.2) is 11.5 Å². The molecule has 1 aliphatic heterocycles. The molecule has 0 atom stereocenters. The molecule has 1 fully saturated rings. The normalized spacial score (nSPS) is 14.7. The topological polar surface area (TPSA) is 84.9 Å². The minimum atomic E-state index is -0.887. The van der Waals surface area contributed by atoms with Gasteiger partial charge in [0, 0.05) is 10.6 Å². The van der Waals surface area contributed by atoms with Gasteiger partial charge in [-0.05, 0) is 61.4 Å². The van der Waals surface area contributed by atoms with E-state index in [2.05, 4.69) is 5.32 Å². The average Bonchev–Trinajstić information content (AvgIpc) is 2.85. The Morgan fingerprint density at radius 1 is 1.00 bits per heavy atom. The van der Waals surface area contributed by atoms with Gasteiger partial charge in [-0.15, -0.1) is 0 Å². The third kappa shape index (κ3) is 5.45. The van der Waals surface area contributed by atoms with Crippen molar-refractivity contribution in [2.24, 2.45) is 0 Å². The lowest BCUT2D eigenvalue weighted by Gasteiger charge is -2.27. The SMILES string of the molecule is CCOc1cc(/C=C2\C(=O)NC(=O)N(c3cccc(Cl)c3C)C2=O)cc(Cl)c1OCc1ccccc1F. The van der Waals surface area contributed by atoms with Crippen molar-refractivity contribution >= 4 is 52.8 Å². The Bertz CT molecular complexity index is 1440. The number of ether oxygens (including phenoxy) is 2. The summed E-state index contributed by atoms with van der Waals surface area (Å²) < 4.78 is 25.4. The third-order valence-corrected chi connectivity index (χ3v) is 6.24. The fraction of sp³-hybridized carbons (Fsp3) is 0.148. The molecule has 0 saturated carbocycles. The Labute approximate surface area is 222 Å². The molecule has 0 unspecified atom stereocenters. The van der Waals surface area contributed by atoms with Crippen LogP contribution in [0.5, 0.6) is 11.5 Å². The number of nitrogens with one attached hydrogen (secondary N) is 1. The van der Waals surface area contributed by atoms with E-state index in [-0.39, 0.29) is 41.0 Å². The van der Waals surface area contributed by atoms with Crippen LogP contribution in [0.4, 0.5) is 14.9 Å². The predicted molar refractivity (Wildman–Crippen MR) is 139 cm³/mol. The lowest BCUT2D eigenvalue weighted by Crippen LogP contribution is -2.54. The Morgan fingerprint density at radius 2 is 1.76 bits per heavy atom. The summed E-state index contributed by atoms with van der Waals surface area (Å²) in [5.74, 6) is -1.69. The molecule has 3 aromatic carbocycles. The monoisotopic (exact) mass is 542 g/mol. The van der Waals surface area contributed by atoms with Gasteiger partial charge in [0.2, 0.25) is 0 Å². The zero-order chi connectivity index (χ0) is 26.7. The van der Waals surface area contributed by atoms with E-state index >= 15 is 0 Å². The first-order valence-electron chi connectivity index (χ1n) is 11.2. The van der Waals surface area contributed by atoms with Gasteiger partial charge >= 0.3 is 6.03 Å². The molecule has 10 heteroatoms. The molecule has 0 radical (unpaired) electrons. The lowest BCUT2D eigenvalue weighted by molar-refractivity contribution is -0.122. The van der Waals surface area contributed by atoms with Gasteiger partial charge in [-0.1, -0.05) is 47.5 Å². The molecule has 1 saturated heterocycles. The number of nitrogens with zero attached hydrogens (tertiary/aromatic N) is 1. The highest BCUT2D eigenvalue weighted by atomic mass is 35.5. The first-order valence-corrected chi connectivity index (χ1v) is 12.0. The van der Waals surface area contributed by atoms with Gasteiger partial charge in [-0.25, -0.2) is 14.1 Å². The van der Waals surface area contributed by atoms with Crippen LogP contribution in [0.2, 0.25) is 10.0 Å². The summed E-state index contributed by atoms with van der Waals surface area (Å²) >= 11 is 12.6. The van der Waals surface area contributed by atoms with E-state index in [0.29, 0.717) is 21.7 Å².